The number of amides is 2. The Labute approximate surface area is 132 Å². The van der Waals surface area contributed by atoms with Gasteiger partial charge in [0.15, 0.2) is 0 Å². The minimum atomic E-state index is -0.454. The number of rotatable bonds is 5. The summed E-state index contributed by atoms with van der Waals surface area (Å²) in [5.41, 5.74) is 8.13. The van der Waals surface area contributed by atoms with Crippen molar-refractivity contribution >= 4 is 17.3 Å². The number of nitrogens with one attached hydrogen (secondary N) is 1. The molecule has 2 aromatic heterocycles. The number of primary amides is 1. The van der Waals surface area contributed by atoms with Gasteiger partial charge in [-0.05, 0) is 36.2 Å². The van der Waals surface area contributed by atoms with Crippen molar-refractivity contribution in [2.75, 3.05) is 6.54 Å². The van der Waals surface area contributed by atoms with Gasteiger partial charge >= 0.3 is 0 Å². The maximum absolute atomic E-state index is 12.2. The molecule has 2 heterocycles. The second-order valence-corrected chi connectivity index (χ2v) is 5.21. The number of benzene rings is 1. The van der Waals surface area contributed by atoms with E-state index in [1.807, 2.05) is 10.5 Å². The van der Waals surface area contributed by atoms with Gasteiger partial charge in [-0.15, -0.1) is 0 Å². The molecule has 3 N–H and O–H groups in total. The largest absolute Gasteiger partial charge is 0.366 e. The first-order valence-corrected chi connectivity index (χ1v) is 7.22. The van der Waals surface area contributed by atoms with Gasteiger partial charge in [0.1, 0.15) is 0 Å². The fraction of sp³-hybridized carbons (Fsp3) is 0.118. The highest BCUT2D eigenvalue weighted by molar-refractivity contribution is 5.95. The molecule has 0 aliphatic carbocycles. The van der Waals surface area contributed by atoms with E-state index in [0.29, 0.717) is 24.1 Å². The maximum Gasteiger partial charge on any atom is 0.251 e. The highest BCUT2D eigenvalue weighted by Gasteiger charge is 2.07. The van der Waals surface area contributed by atoms with Crippen LogP contribution < -0.4 is 11.1 Å². The first-order valence-electron chi connectivity index (χ1n) is 7.22. The maximum atomic E-state index is 12.2. The number of imidazole rings is 1. The Kier molecular flexibility index (Phi) is 4.05. The monoisotopic (exact) mass is 308 g/mol. The number of fused-ring (bicyclic) bond motifs is 1. The summed E-state index contributed by atoms with van der Waals surface area (Å²) >= 11 is 0. The molecule has 116 valence electrons. The summed E-state index contributed by atoms with van der Waals surface area (Å²) in [4.78, 5) is 27.3. The standard InChI is InChI=1S/C17H16N4O2/c18-16(22)13-3-1-2-12(8-13)4-6-20-17(23)14-5-7-21-11-19-10-15(21)9-14/h1-3,5,7-11H,4,6H2,(H2,18,22)(H,20,23). The predicted octanol–water partition coefficient (Wildman–Crippen LogP) is 1.41. The lowest BCUT2D eigenvalue weighted by atomic mass is 10.1. The number of hydrogen-bond acceptors (Lipinski definition) is 3. The van der Waals surface area contributed by atoms with Crippen LogP contribution in [0.25, 0.3) is 5.52 Å². The van der Waals surface area contributed by atoms with Gasteiger partial charge < -0.3 is 15.5 Å². The number of carbonyl (C=O) groups is 2. The van der Waals surface area contributed by atoms with E-state index in [0.717, 1.165) is 11.1 Å². The lowest BCUT2D eigenvalue weighted by Gasteiger charge is -2.07. The van der Waals surface area contributed by atoms with Gasteiger partial charge in [-0.2, -0.15) is 0 Å². The van der Waals surface area contributed by atoms with Crippen molar-refractivity contribution in [3.05, 3.63) is 71.8 Å². The van der Waals surface area contributed by atoms with E-state index in [1.54, 1.807) is 49.1 Å². The lowest BCUT2D eigenvalue weighted by Crippen LogP contribution is -2.25. The molecule has 0 spiro atoms. The molecule has 0 radical (unpaired) electrons. The third-order valence-corrected chi connectivity index (χ3v) is 3.59. The number of pyridine rings is 1. The second-order valence-electron chi connectivity index (χ2n) is 5.21. The Hall–Kier alpha value is -3.15. The molecule has 23 heavy (non-hydrogen) atoms. The average Bonchev–Trinajstić information content (AvgIpc) is 3.02. The van der Waals surface area contributed by atoms with Crippen molar-refractivity contribution in [3.63, 3.8) is 0 Å². The van der Waals surface area contributed by atoms with Crippen molar-refractivity contribution in [1.82, 2.24) is 14.7 Å². The summed E-state index contributed by atoms with van der Waals surface area (Å²) in [7, 11) is 0. The van der Waals surface area contributed by atoms with Crippen LogP contribution in [-0.4, -0.2) is 27.7 Å². The summed E-state index contributed by atoms with van der Waals surface area (Å²) in [6.45, 7) is 0.478. The summed E-state index contributed by atoms with van der Waals surface area (Å²) in [6.07, 6.45) is 5.81. The number of nitrogens with two attached hydrogens (primary N) is 1. The van der Waals surface area contributed by atoms with Crippen LogP contribution in [0.3, 0.4) is 0 Å². The molecular formula is C17H16N4O2. The van der Waals surface area contributed by atoms with Crippen LogP contribution in [0.1, 0.15) is 26.3 Å². The molecule has 0 aliphatic rings. The first kappa shape index (κ1) is 14.8. The van der Waals surface area contributed by atoms with Crippen LogP contribution in [0.15, 0.2) is 55.1 Å². The molecule has 0 unspecified atom stereocenters. The molecule has 0 bridgehead atoms. The second kappa shape index (κ2) is 6.31. The molecule has 0 atom stereocenters. The van der Waals surface area contributed by atoms with Gasteiger partial charge in [0.05, 0.1) is 18.0 Å². The zero-order valence-corrected chi connectivity index (χ0v) is 12.4. The fourth-order valence-corrected chi connectivity index (χ4v) is 2.36. The lowest BCUT2D eigenvalue weighted by molar-refractivity contribution is 0.0952. The average molecular weight is 308 g/mol. The van der Waals surface area contributed by atoms with E-state index in [-0.39, 0.29) is 5.91 Å². The Morgan fingerprint density at radius 1 is 1.17 bits per heavy atom. The minimum absolute atomic E-state index is 0.139. The molecule has 1 aromatic carbocycles. The molecule has 2 amide bonds. The predicted molar refractivity (Wildman–Crippen MR) is 86.2 cm³/mol. The Morgan fingerprint density at radius 2 is 2.04 bits per heavy atom. The third-order valence-electron chi connectivity index (χ3n) is 3.59. The minimum Gasteiger partial charge on any atom is -0.366 e. The SMILES string of the molecule is NC(=O)c1cccc(CCNC(=O)c2ccn3cncc3c2)c1. The highest BCUT2D eigenvalue weighted by atomic mass is 16.2. The van der Waals surface area contributed by atoms with Gasteiger partial charge in [-0.25, -0.2) is 4.98 Å². The van der Waals surface area contributed by atoms with Gasteiger partial charge in [0.2, 0.25) is 5.91 Å². The van der Waals surface area contributed by atoms with E-state index >= 15 is 0 Å². The normalized spacial score (nSPS) is 10.6. The van der Waals surface area contributed by atoms with Crippen LogP contribution in [0.2, 0.25) is 0 Å². The molecule has 0 saturated carbocycles. The Morgan fingerprint density at radius 3 is 2.87 bits per heavy atom. The highest BCUT2D eigenvalue weighted by Crippen LogP contribution is 2.07. The zero-order chi connectivity index (χ0) is 16.2. The van der Waals surface area contributed by atoms with Crippen LogP contribution >= 0.6 is 0 Å². The van der Waals surface area contributed by atoms with Crippen molar-refractivity contribution < 1.29 is 9.59 Å². The van der Waals surface area contributed by atoms with E-state index in [9.17, 15) is 9.59 Å². The third kappa shape index (κ3) is 3.37. The molecule has 0 saturated heterocycles. The number of carbonyl (C=O) groups excluding carboxylic acids is 2. The molecule has 6 nitrogen and oxygen atoms in total. The Bertz CT molecular complexity index is 870. The molecular weight excluding hydrogens is 292 g/mol. The van der Waals surface area contributed by atoms with Gasteiger partial charge in [-0.3, -0.25) is 9.59 Å². The molecule has 6 heteroatoms. The van der Waals surface area contributed by atoms with Crippen LogP contribution in [0, 0.1) is 0 Å². The topological polar surface area (TPSA) is 89.5 Å². The van der Waals surface area contributed by atoms with Gasteiger partial charge in [0.25, 0.3) is 5.91 Å². The van der Waals surface area contributed by atoms with Crippen molar-refractivity contribution in [2.24, 2.45) is 5.73 Å². The summed E-state index contributed by atoms with van der Waals surface area (Å²) in [5, 5.41) is 2.87. The van der Waals surface area contributed by atoms with E-state index in [2.05, 4.69) is 10.3 Å². The fourth-order valence-electron chi connectivity index (χ4n) is 2.36. The van der Waals surface area contributed by atoms with Crippen LogP contribution in [-0.2, 0) is 6.42 Å². The molecule has 0 fully saturated rings. The summed E-state index contributed by atoms with van der Waals surface area (Å²) in [5.74, 6) is -0.593. The number of aromatic nitrogens is 2. The van der Waals surface area contributed by atoms with E-state index in [4.69, 9.17) is 5.73 Å². The smallest absolute Gasteiger partial charge is 0.251 e. The first-order chi connectivity index (χ1) is 11.1. The van der Waals surface area contributed by atoms with Crippen molar-refractivity contribution in [2.45, 2.75) is 6.42 Å². The summed E-state index contributed by atoms with van der Waals surface area (Å²) in [6, 6.07) is 10.6. The summed E-state index contributed by atoms with van der Waals surface area (Å²) < 4.78 is 1.84. The number of nitrogens with zero attached hydrogens (tertiary/aromatic N) is 2. The quantitative estimate of drug-likeness (QED) is 0.746. The van der Waals surface area contributed by atoms with Crippen molar-refractivity contribution in [3.8, 4) is 0 Å². The van der Waals surface area contributed by atoms with Crippen LogP contribution in [0.5, 0.6) is 0 Å². The van der Waals surface area contributed by atoms with Gasteiger partial charge in [-0.1, -0.05) is 12.1 Å². The zero-order valence-electron chi connectivity index (χ0n) is 12.4. The molecule has 0 aliphatic heterocycles. The van der Waals surface area contributed by atoms with Crippen LogP contribution in [0.4, 0.5) is 0 Å². The van der Waals surface area contributed by atoms with E-state index in [1.165, 1.54) is 0 Å². The molecule has 3 rings (SSSR count). The van der Waals surface area contributed by atoms with E-state index < -0.39 is 5.91 Å². The van der Waals surface area contributed by atoms with Gasteiger partial charge in [0, 0.05) is 23.9 Å². The Balaban J connectivity index is 1.60. The number of hydrogen-bond donors (Lipinski definition) is 2. The van der Waals surface area contributed by atoms with Crippen molar-refractivity contribution in [1.29, 1.82) is 0 Å². The molecule has 3 aromatic rings.